The molecule has 1 aromatic carbocycles. The molecule has 0 fully saturated rings. The summed E-state index contributed by atoms with van der Waals surface area (Å²) in [5, 5.41) is 7.07. The zero-order valence-electron chi connectivity index (χ0n) is 13.9. The Hall–Kier alpha value is -2.81. The van der Waals surface area contributed by atoms with E-state index in [1.165, 1.54) is 11.1 Å². The van der Waals surface area contributed by atoms with E-state index in [1.54, 1.807) is 18.3 Å². The number of amidine groups is 1. The second kappa shape index (κ2) is 6.49. The first kappa shape index (κ1) is 16.6. The van der Waals surface area contributed by atoms with Gasteiger partial charge in [0.25, 0.3) is 5.91 Å². The van der Waals surface area contributed by atoms with E-state index in [-0.39, 0.29) is 24.2 Å². The predicted octanol–water partition coefficient (Wildman–Crippen LogP) is 1.31. The second-order valence-corrected chi connectivity index (χ2v) is 6.39. The van der Waals surface area contributed by atoms with Gasteiger partial charge in [0.2, 0.25) is 6.17 Å². The summed E-state index contributed by atoms with van der Waals surface area (Å²) in [7, 11) is 1.83. The van der Waals surface area contributed by atoms with Crippen LogP contribution in [0.15, 0.2) is 40.3 Å². The number of nitrogens with zero attached hydrogens (tertiary/aromatic N) is 5. The number of amides is 1. The van der Waals surface area contributed by atoms with Gasteiger partial charge < -0.3 is 15.0 Å². The summed E-state index contributed by atoms with van der Waals surface area (Å²) < 4.78 is 19.9. The van der Waals surface area contributed by atoms with Crippen molar-refractivity contribution < 1.29 is 14.0 Å². The fraction of sp³-hybridized carbons (Fsp3) is 0.312. The zero-order chi connectivity index (χ0) is 18.3. The van der Waals surface area contributed by atoms with Gasteiger partial charge in [0.1, 0.15) is 18.2 Å². The monoisotopic (exact) mass is 378 g/mol. The molecule has 4 rings (SSSR count). The number of fused-ring (bicyclic) bond motifs is 1. The molecule has 1 aromatic rings. The van der Waals surface area contributed by atoms with Crippen LogP contribution in [0.4, 0.5) is 4.48 Å². The quantitative estimate of drug-likeness (QED) is 0.689. The number of carbonyl (C=O) groups is 1. The van der Waals surface area contributed by atoms with Crippen LogP contribution in [-0.2, 0) is 11.3 Å². The minimum absolute atomic E-state index is 0.127. The first-order valence-corrected chi connectivity index (χ1v) is 8.39. The van der Waals surface area contributed by atoms with Crippen LogP contribution in [0.2, 0.25) is 5.02 Å². The topological polar surface area (TPSA) is 72.8 Å². The summed E-state index contributed by atoms with van der Waals surface area (Å²) in [6, 6.07) is 5.41. The number of halogens is 2. The minimum atomic E-state index is -1.22. The Kier molecular flexibility index (Phi) is 4.15. The maximum absolute atomic E-state index is 14.1. The molecule has 1 unspecified atom stereocenters. The van der Waals surface area contributed by atoms with E-state index in [4.69, 9.17) is 16.3 Å². The third-order valence-electron chi connectivity index (χ3n) is 4.25. The molecule has 1 atom stereocenters. The van der Waals surface area contributed by atoms with Crippen LogP contribution in [0.1, 0.15) is 5.56 Å². The first-order valence-electron chi connectivity index (χ1n) is 8.01. The van der Waals surface area contributed by atoms with Gasteiger partial charge in [-0.25, -0.2) is 4.99 Å². The normalized spacial score (nSPS) is 22.3. The highest BCUT2D eigenvalue weighted by Gasteiger charge is 2.40. The van der Waals surface area contributed by atoms with E-state index < -0.39 is 12.1 Å². The van der Waals surface area contributed by atoms with Gasteiger partial charge in [-0.1, -0.05) is 27.4 Å². The van der Waals surface area contributed by atoms with Crippen molar-refractivity contribution in [2.24, 2.45) is 10.1 Å². The molecule has 0 saturated carbocycles. The van der Waals surface area contributed by atoms with Gasteiger partial charge in [0.15, 0.2) is 5.84 Å². The lowest BCUT2D eigenvalue weighted by Gasteiger charge is -2.28. The van der Waals surface area contributed by atoms with Crippen LogP contribution < -0.4 is 10.1 Å². The highest BCUT2D eigenvalue weighted by Crippen LogP contribution is 2.30. The Morgan fingerprint density at radius 1 is 1.42 bits per heavy atom. The average Bonchev–Trinajstić information content (AvgIpc) is 2.95. The molecule has 0 aromatic heterocycles. The fourth-order valence-electron chi connectivity index (χ4n) is 2.94. The fourth-order valence-corrected chi connectivity index (χ4v) is 3.16. The van der Waals surface area contributed by atoms with Crippen LogP contribution in [0.3, 0.4) is 0 Å². The molecule has 3 aliphatic heterocycles. The first-order chi connectivity index (χ1) is 12.5. The summed E-state index contributed by atoms with van der Waals surface area (Å²) in [5.74, 6) is 0.915. The number of hydrogen-bond donors (Lipinski definition) is 1. The van der Waals surface area contributed by atoms with Crippen molar-refractivity contribution >= 4 is 29.6 Å². The van der Waals surface area contributed by atoms with E-state index in [9.17, 15) is 9.28 Å². The van der Waals surface area contributed by atoms with Crippen LogP contribution in [0, 0.1) is 0 Å². The van der Waals surface area contributed by atoms with Crippen molar-refractivity contribution in [1.82, 2.24) is 20.3 Å². The van der Waals surface area contributed by atoms with Gasteiger partial charge in [0.05, 0.1) is 19.0 Å². The smallest absolute Gasteiger partial charge is 0.268 e. The predicted molar refractivity (Wildman–Crippen MR) is 94.0 cm³/mol. The largest absolute Gasteiger partial charge is 0.491 e. The lowest BCUT2D eigenvalue weighted by molar-refractivity contribution is -0.138. The molecule has 0 radical (unpaired) electrons. The summed E-state index contributed by atoms with van der Waals surface area (Å²) in [4.78, 5) is 20.0. The highest BCUT2D eigenvalue weighted by atomic mass is 35.5. The molecule has 8 nitrogen and oxygen atoms in total. The Balaban J connectivity index is 1.72. The van der Waals surface area contributed by atoms with E-state index in [1.807, 2.05) is 18.0 Å². The summed E-state index contributed by atoms with van der Waals surface area (Å²) in [5.41, 5.74) is 0.808. The van der Waals surface area contributed by atoms with Crippen LogP contribution in [0.25, 0.3) is 0 Å². The maximum Gasteiger partial charge on any atom is 0.268 e. The van der Waals surface area contributed by atoms with Gasteiger partial charge in [-0.15, -0.1) is 5.10 Å². The minimum Gasteiger partial charge on any atom is -0.491 e. The molecule has 10 heteroatoms. The zero-order valence-corrected chi connectivity index (χ0v) is 14.6. The average molecular weight is 379 g/mol. The molecule has 3 aliphatic rings. The molecule has 2 bridgehead atoms. The Morgan fingerprint density at radius 3 is 3.12 bits per heavy atom. The van der Waals surface area contributed by atoms with Crippen LogP contribution >= 0.6 is 11.6 Å². The number of hydrogen-bond acceptors (Lipinski definition) is 7. The van der Waals surface area contributed by atoms with Crippen molar-refractivity contribution in [2.75, 3.05) is 20.2 Å². The van der Waals surface area contributed by atoms with Crippen molar-refractivity contribution in [3.63, 3.8) is 0 Å². The van der Waals surface area contributed by atoms with Crippen molar-refractivity contribution in [3.05, 3.63) is 40.8 Å². The SMILES string of the molecule is CN1Cc2c(Cl)cccc2OCCNC(=O)C2N(F)N=C3C=NC1=CN32. The Morgan fingerprint density at radius 2 is 2.27 bits per heavy atom. The lowest BCUT2D eigenvalue weighted by Crippen LogP contribution is -2.50. The van der Waals surface area contributed by atoms with Crippen LogP contribution in [-0.4, -0.2) is 59.4 Å². The molecular formula is C16H16ClFN6O2. The van der Waals surface area contributed by atoms with E-state index in [0.717, 1.165) is 5.56 Å². The highest BCUT2D eigenvalue weighted by molar-refractivity contribution is 6.32. The summed E-state index contributed by atoms with van der Waals surface area (Å²) in [6.07, 6.45) is 1.81. The van der Waals surface area contributed by atoms with Crippen LogP contribution in [0.5, 0.6) is 5.75 Å². The summed E-state index contributed by atoms with van der Waals surface area (Å²) in [6.45, 7) is 0.884. The number of carbonyl (C=O) groups excluding carboxylic acids is 1. The molecule has 3 heterocycles. The molecule has 26 heavy (non-hydrogen) atoms. The Labute approximate surface area is 154 Å². The summed E-state index contributed by atoms with van der Waals surface area (Å²) >= 11 is 6.34. The number of benzene rings is 1. The van der Waals surface area contributed by atoms with Gasteiger partial charge in [-0.3, -0.25) is 9.69 Å². The van der Waals surface area contributed by atoms with Crippen molar-refractivity contribution in [2.45, 2.75) is 12.7 Å². The maximum atomic E-state index is 14.1. The second-order valence-electron chi connectivity index (χ2n) is 5.99. The van der Waals surface area contributed by atoms with E-state index in [0.29, 0.717) is 23.1 Å². The van der Waals surface area contributed by atoms with Gasteiger partial charge in [0, 0.05) is 24.2 Å². The van der Waals surface area contributed by atoms with E-state index >= 15 is 0 Å². The molecule has 0 saturated heterocycles. The van der Waals surface area contributed by atoms with Gasteiger partial charge in [-0.05, 0) is 12.1 Å². The third-order valence-corrected chi connectivity index (χ3v) is 4.60. The number of ether oxygens (including phenoxy) is 1. The lowest BCUT2D eigenvalue weighted by atomic mass is 10.2. The molecule has 136 valence electrons. The third kappa shape index (κ3) is 2.84. The van der Waals surface area contributed by atoms with Gasteiger partial charge >= 0.3 is 0 Å². The molecule has 1 amide bonds. The molecule has 0 aliphatic carbocycles. The number of nitrogens with one attached hydrogen (secondary N) is 1. The Bertz CT molecular complexity index is 842. The standard InChI is InChI=1S/C16H16ClFN6O2/c1-22-8-10-11(17)3-2-4-12(10)26-6-5-19-15(25)16-23-9-14(22)20-7-13(23)21-24(16)18/h2-4,7,9,16H,5-6,8H2,1H3,(H,19,25). The van der Waals surface area contributed by atoms with Crippen molar-refractivity contribution in [1.29, 1.82) is 0 Å². The van der Waals surface area contributed by atoms with Crippen molar-refractivity contribution in [3.8, 4) is 5.75 Å². The number of hydrazone groups is 1. The molecule has 0 spiro atoms. The number of aliphatic imine (C=N–C) groups is 1. The van der Waals surface area contributed by atoms with E-state index in [2.05, 4.69) is 15.4 Å². The number of rotatable bonds is 0. The van der Waals surface area contributed by atoms with Gasteiger partial charge in [-0.2, -0.15) is 0 Å². The molecular weight excluding hydrogens is 363 g/mol. The molecule has 1 N–H and O–H groups in total.